The van der Waals surface area contributed by atoms with Gasteiger partial charge in [0, 0.05) is 12.2 Å². The molecule has 6 heteroatoms. The number of aromatic hydroxyl groups is 1. The van der Waals surface area contributed by atoms with Gasteiger partial charge in [-0.05, 0) is 64.3 Å². The molecule has 1 heterocycles. The smallest absolute Gasteiger partial charge is 0.335 e. The average Bonchev–Trinajstić information content (AvgIpc) is 2.95. The van der Waals surface area contributed by atoms with Crippen LogP contribution in [0.3, 0.4) is 0 Å². The van der Waals surface area contributed by atoms with Crippen molar-refractivity contribution in [2.75, 3.05) is 6.61 Å². The van der Waals surface area contributed by atoms with Gasteiger partial charge in [0.1, 0.15) is 11.5 Å². The minimum absolute atomic E-state index is 0.216. The number of carboxylic acids is 1. The Morgan fingerprint density at radius 2 is 1.81 bits per heavy atom. The van der Waals surface area contributed by atoms with Crippen LogP contribution in [0, 0.1) is 6.92 Å². The fourth-order valence-corrected chi connectivity index (χ4v) is 2.52. The predicted octanol–water partition coefficient (Wildman–Crippen LogP) is 4.34. The third-order valence-electron chi connectivity index (χ3n) is 4.29. The van der Waals surface area contributed by atoms with Crippen molar-refractivity contribution < 1.29 is 24.2 Å². The fraction of sp³-hybridized carbons (Fsp3) is 0.500. The van der Waals surface area contributed by atoms with Gasteiger partial charge in [-0.1, -0.05) is 12.8 Å². The summed E-state index contributed by atoms with van der Waals surface area (Å²) in [7, 11) is 0. The van der Waals surface area contributed by atoms with Crippen LogP contribution in [-0.2, 0) is 16.0 Å². The molecule has 0 spiro atoms. The Labute approximate surface area is 153 Å². The van der Waals surface area contributed by atoms with Crippen LogP contribution in [0.1, 0.15) is 51.0 Å². The Hall–Kier alpha value is -2.34. The van der Waals surface area contributed by atoms with E-state index < -0.39 is 11.6 Å². The van der Waals surface area contributed by atoms with Crippen LogP contribution in [0.2, 0.25) is 0 Å². The number of aliphatic carboxylic acids is 1. The van der Waals surface area contributed by atoms with Crippen molar-refractivity contribution in [3.63, 3.8) is 0 Å². The number of phenolic OH excluding ortho intramolecular Hbond substituents is 1. The number of unbranched alkanes of at least 4 members (excludes halogenated alkanes) is 3. The number of phenols is 1. The van der Waals surface area contributed by atoms with E-state index in [1.54, 1.807) is 38.1 Å². The molecule has 1 aromatic carbocycles. The lowest BCUT2D eigenvalue weighted by molar-refractivity contribution is -0.161. The number of nitrogens with zero attached hydrogens (tertiary/aromatic N) is 1. The number of carboxylic acid groups (broad SMARTS) is 1. The van der Waals surface area contributed by atoms with Gasteiger partial charge in [-0.25, -0.2) is 9.78 Å². The highest BCUT2D eigenvalue weighted by atomic mass is 16.5. The monoisotopic (exact) mass is 361 g/mol. The molecule has 0 saturated carbocycles. The molecule has 0 aliphatic rings. The predicted molar refractivity (Wildman–Crippen MR) is 98.2 cm³/mol. The Morgan fingerprint density at radius 1 is 1.15 bits per heavy atom. The van der Waals surface area contributed by atoms with E-state index >= 15 is 0 Å². The Morgan fingerprint density at radius 3 is 2.46 bits per heavy atom. The minimum atomic E-state index is -1.12. The second-order valence-electron chi connectivity index (χ2n) is 6.90. The van der Waals surface area contributed by atoms with E-state index in [-0.39, 0.29) is 5.75 Å². The summed E-state index contributed by atoms with van der Waals surface area (Å²) in [4.78, 5) is 15.5. The fourth-order valence-electron chi connectivity index (χ4n) is 2.52. The maximum absolute atomic E-state index is 10.9. The molecule has 2 aromatic rings. The van der Waals surface area contributed by atoms with Gasteiger partial charge in [-0.2, -0.15) is 0 Å². The lowest BCUT2D eigenvalue weighted by atomic mass is 10.1. The van der Waals surface area contributed by atoms with Crippen molar-refractivity contribution in [2.45, 2.75) is 58.5 Å². The maximum atomic E-state index is 10.9. The van der Waals surface area contributed by atoms with E-state index in [4.69, 9.17) is 14.3 Å². The quantitative estimate of drug-likeness (QED) is 0.612. The standard InChI is InChI=1S/C20H27NO5/c1-14-17(21-18(26-14)15-9-11-16(22)12-10-15)8-6-4-5-7-13-25-20(2,3)19(23)24/h9-12,22H,4-8,13H2,1-3H3,(H,23,24). The molecular weight excluding hydrogens is 334 g/mol. The zero-order chi connectivity index (χ0) is 19.2. The van der Waals surface area contributed by atoms with Crippen molar-refractivity contribution in [3.05, 3.63) is 35.7 Å². The van der Waals surface area contributed by atoms with Crippen LogP contribution >= 0.6 is 0 Å². The first kappa shape index (κ1) is 20.0. The molecule has 0 unspecified atom stereocenters. The van der Waals surface area contributed by atoms with Crippen LogP contribution < -0.4 is 0 Å². The molecular formula is C20H27NO5. The number of benzene rings is 1. The third-order valence-corrected chi connectivity index (χ3v) is 4.29. The topological polar surface area (TPSA) is 92.8 Å². The highest BCUT2D eigenvalue weighted by molar-refractivity contribution is 5.76. The molecule has 0 bridgehead atoms. The molecule has 0 saturated heterocycles. The van der Waals surface area contributed by atoms with Gasteiger partial charge in [0.25, 0.3) is 0 Å². The van der Waals surface area contributed by atoms with Crippen LogP contribution in [0.15, 0.2) is 28.7 Å². The number of aryl methyl sites for hydroxylation is 2. The van der Waals surface area contributed by atoms with Gasteiger partial charge in [0.2, 0.25) is 5.89 Å². The van der Waals surface area contributed by atoms with E-state index in [9.17, 15) is 9.90 Å². The number of rotatable bonds is 10. The van der Waals surface area contributed by atoms with Gasteiger partial charge in [-0.3, -0.25) is 0 Å². The summed E-state index contributed by atoms with van der Waals surface area (Å²) in [5.74, 6) is 0.665. The average molecular weight is 361 g/mol. The molecule has 0 amide bonds. The number of hydrogen-bond donors (Lipinski definition) is 2. The first-order valence-electron chi connectivity index (χ1n) is 8.92. The SMILES string of the molecule is Cc1oc(-c2ccc(O)cc2)nc1CCCCCCOC(C)(C)C(=O)O. The summed E-state index contributed by atoms with van der Waals surface area (Å²) in [5.41, 5.74) is 0.675. The zero-order valence-electron chi connectivity index (χ0n) is 15.6. The Kier molecular flexibility index (Phi) is 6.80. The second kappa shape index (κ2) is 8.85. The van der Waals surface area contributed by atoms with E-state index in [0.717, 1.165) is 49.1 Å². The molecule has 2 rings (SSSR count). The Bertz CT molecular complexity index is 718. The second-order valence-corrected chi connectivity index (χ2v) is 6.90. The summed E-state index contributed by atoms with van der Waals surface area (Å²) in [6, 6.07) is 6.79. The van der Waals surface area contributed by atoms with Crippen molar-refractivity contribution in [3.8, 4) is 17.2 Å². The van der Waals surface area contributed by atoms with E-state index in [2.05, 4.69) is 4.98 Å². The lowest BCUT2D eigenvalue weighted by Gasteiger charge is -2.19. The van der Waals surface area contributed by atoms with Crippen molar-refractivity contribution in [1.29, 1.82) is 0 Å². The van der Waals surface area contributed by atoms with E-state index in [1.165, 1.54) is 0 Å². The van der Waals surface area contributed by atoms with Crippen molar-refractivity contribution >= 4 is 5.97 Å². The molecule has 26 heavy (non-hydrogen) atoms. The summed E-state index contributed by atoms with van der Waals surface area (Å²) in [6.45, 7) is 5.49. The molecule has 2 N–H and O–H groups in total. The van der Waals surface area contributed by atoms with Crippen molar-refractivity contribution in [1.82, 2.24) is 4.98 Å². The summed E-state index contributed by atoms with van der Waals surface area (Å²) in [6.07, 6.45) is 4.68. The van der Waals surface area contributed by atoms with Crippen LogP contribution in [0.4, 0.5) is 0 Å². The van der Waals surface area contributed by atoms with Crippen LogP contribution in [-0.4, -0.2) is 33.4 Å². The number of hydrogen-bond acceptors (Lipinski definition) is 5. The summed E-state index contributed by atoms with van der Waals surface area (Å²) >= 11 is 0. The van der Waals surface area contributed by atoms with Crippen LogP contribution in [0.5, 0.6) is 5.75 Å². The largest absolute Gasteiger partial charge is 0.508 e. The summed E-state index contributed by atoms with van der Waals surface area (Å²) < 4.78 is 11.1. The molecule has 0 atom stereocenters. The van der Waals surface area contributed by atoms with Gasteiger partial charge in [0.15, 0.2) is 5.60 Å². The first-order chi connectivity index (χ1) is 12.3. The normalized spacial score (nSPS) is 11.7. The van der Waals surface area contributed by atoms with Crippen LogP contribution in [0.25, 0.3) is 11.5 Å². The Balaban J connectivity index is 1.72. The van der Waals surface area contributed by atoms with Gasteiger partial charge in [-0.15, -0.1) is 0 Å². The third kappa shape index (κ3) is 5.59. The minimum Gasteiger partial charge on any atom is -0.508 e. The number of carbonyl (C=O) groups is 1. The highest BCUT2D eigenvalue weighted by Crippen LogP contribution is 2.24. The molecule has 1 aromatic heterocycles. The molecule has 142 valence electrons. The highest BCUT2D eigenvalue weighted by Gasteiger charge is 2.27. The van der Waals surface area contributed by atoms with Gasteiger partial charge >= 0.3 is 5.97 Å². The molecule has 0 aliphatic carbocycles. The molecule has 0 fully saturated rings. The number of ether oxygens (including phenoxy) is 1. The summed E-state index contributed by atoms with van der Waals surface area (Å²) in [5, 5.41) is 18.3. The number of oxazole rings is 1. The molecule has 0 aliphatic heterocycles. The number of aromatic nitrogens is 1. The lowest BCUT2D eigenvalue weighted by Crippen LogP contribution is -2.35. The zero-order valence-corrected chi connectivity index (χ0v) is 15.6. The molecule has 0 radical (unpaired) electrons. The van der Waals surface area contributed by atoms with E-state index in [0.29, 0.717) is 12.5 Å². The molecule has 6 nitrogen and oxygen atoms in total. The van der Waals surface area contributed by atoms with Crippen molar-refractivity contribution in [2.24, 2.45) is 0 Å². The van der Waals surface area contributed by atoms with Gasteiger partial charge in [0.05, 0.1) is 5.69 Å². The maximum Gasteiger partial charge on any atom is 0.335 e. The first-order valence-corrected chi connectivity index (χ1v) is 8.92. The van der Waals surface area contributed by atoms with Gasteiger partial charge < -0.3 is 19.4 Å². The van der Waals surface area contributed by atoms with E-state index in [1.807, 2.05) is 6.92 Å².